The summed E-state index contributed by atoms with van der Waals surface area (Å²) in [5.41, 5.74) is 2.84. The van der Waals surface area contributed by atoms with E-state index in [-0.39, 0.29) is 24.8 Å². The summed E-state index contributed by atoms with van der Waals surface area (Å²) >= 11 is 0. The van der Waals surface area contributed by atoms with Crippen LogP contribution in [-0.2, 0) is 40.2 Å². The quantitative estimate of drug-likeness (QED) is 0.792. The number of nitrogens with zero attached hydrogens (tertiary/aromatic N) is 3. The highest BCUT2D eigenvalue weighted by Crippen LogP contribution is 2.24. The molecule has 1 atom stereocenters. The van der Waals surface area contributed by atoms with Gasteiger partial charge in [0.1, 0.15) is 0 Å². The Morgan fingerprint density at radius 3 is 2.76 bits per heavy atom. The van der Waals surface area contributed by atoms with E-state index in [0.717, 1.165) is 18.5 Å². The molecule has 4 rings (SSSR count). The fourth-order valence-electron chi connectivity index (χ4n) is 3.95. The first-order chi connectivity index (χ1) is 14.1. The number of aromatic carboxylic acids is 1. The first-order valence-electron chi connectivity index (χ1n) is 9.97. The molecule has 1 fully saturated rings. The number of fused-ring (bicyclic) bond motifs is 1. The van der Waals surface area contributed by atoms with Gasteiger partial charge in [0.15, 0.2) is 11.8 Å². The lowest BCUT2D eigenvalue weighted by atomic mass is 10.0. The Morgan fingerprint density at radius 1 is 1.21 bits per heavy atom. The molecule has 2 aliphatic rings. The lowest BCUT2D eigenvalue weighted by Gasteiger charge is -2.32. The molecule has 2 aliphatic heterocycles. The van der Waals surface area contributed by atoms with Crippen LogP contribution in [0.1, 0.15) is 33.7 Å². The maximum Gasteiger partial charge on any atom is 0.356 e. The van der Waals surface area contributed by atoms with Gasteiger partial charge in [-0.15, -0.1) is 0 Å². The van der Waals surface area contributed by atoms with Crippen molar-refractivity contribution >= 4 is 11.9 Å². The molecule has 1 amide bonds. The number of aryl methyl sites for hydroxylation is 2. The van der Waals surface area contributed by atoms with E-state index in [9.17, 15) is 14.7 Å². The van der Waals surface area contributed by atoms with Crippen LogP contribution < -0.4 is 0 Å². The minimum absolute atomic E-state index is 0.0398. The fourth-order valence-corrected chi connectivity index (χ4v) is 3.95. The maximum absolute atomic E-state index is 12.7. The summed E-state index contributed by atoms with van der Waals surface area (Å²) in [6.07, 6.45) is 1.74. The van der Waals surface area contributed by atoms with Crippen molar-refractivity contribution in [2.45, 2.75) is 38.5 Å². The van der Waals surface area contributed by atoms with Crippen molar-refractivity contribution in [2.24, 2.45) is 0 Å². The van der Waals surface area contributed by atoms with Gasteiger partial charge in [0, 0.05) is 37.3 Å². The summed E-state index contributed by atoms with van der Waals surface area (Å²) in [6.45, 7) is 2.55. The normalized spacial score (nSPS) is 19.0. The zero-order valence-corrected chi connectivity index (χ0v) is 16.2. The Kier molecular flexibility index (Phi) is 5.92. The van der Waals surface area contributed by atoms with Crippen LogP contribution in [-0.4, -0.2) is 64.1 Å². The van der Waals surface area contributed by atoms with Crippen LogP contribution in [0.4, 0.5) is 0 Å². The van der Waals surface area contributed by atoms with Gasteiger partial charge in [0.05, 0.1) is 19.8 Å². The predicted molar refractivity (Wildman–Crippen MR) is 104 cm³/mol. The van der Waals surface area contributed by atoms with Crippen LogP contribution in [0.3, 0.4) is 0 Å². The summed E-state index contributed by atoms with van der Waals surface area (Å²) < 4.78 is 12.6. The first-order valence-corrected chi connectivity index (χ1v) is 9.97. The monoisotopic (exact) mass is 399 g/mol. The summed E-state index contributed by atoms with van der Waals surface area (Å²) in [5, 5.41) is 14.0. The van der Waals surface area contributed by atoms with E-state index < -0.39 is 12.1 Å². The minimum Gasteiger partial charge on any atom is -0.476 e. The standard InChI is InChI=1S/C21H25N3O5/c25-20(18-14-28-11-12-29-18)23-10-8-17-16(13-23)19(21(26)27)22-24(17)9-4-7-15-5-2-1-3-6-15/h1-3,5-6,18H,4,7-14H2,(H,26,27)/t18-/m1/s1. The molecule has 0 unspecified atom stereocenters. The second-order valence-electron chi connectivity index (χ2n) is 7.34. The van der Waals surface area contributed by atoms with Gasteiger partial charge in [-0.1, -0.05) is 30.3 Å². The van der Waals surface area contributed by atoms with Crippen molar-refractivity contribution in [1.29, 1.82) is 0 Å². The van der Waals surface area contributed by atoms with Crippen LogP contribution in [0.25, 0.3) is 0 Å². The van der Waals surface area contributed by atoms with E-state index >= 15 is 0 Å². The van der Waals surface area contributed by atoms with E-state index in [4.69, 9.17) is 9.47 Å². The van der Waals surface area contributed by atoms with Crippen molar-refractivity contribution in [3.63, 3.8) is 0 Å². The van der Waals surface area contributed by atoms with Gasteiger partial charge in [-0.05, 0) is 18.4 Å². The Bertz CT molecular complexity index is 874. The van der Waals surface area contributed by atoms with Gasteiger partial charge >= 0.3 is 5.97 Å². The highest BCUT2D eigenvalue weighted by Gasteiger charge is 2.33. The summed E-state index contributed by atoms with van der Waals surface area (Å²) in [4.78, 5) is 26.1. The van der Waals surface area contributed by atoms with E-state index in [1.807, 2.05) is 22.9 Å². The number of aromatic nitrogens is 2. The molecular weight excluding hydrogens is 374 g/mol. The molecule has 2 aromatic rings. The number of ether oxygens (including phenoxy) is 2. The second-order valence-corrected chi connectivity index (χ2v) is 7.34. The topological polar surface area (TPSA) is 93.9 Å². The molecule has 0 radical (unpaired) electrons. The van der Waals surface area contributed by atoms with Gasteiger partial charge in [0.25, 0.3) is 5.91 Å². The Hall–Kier alpha value is -2.71. The number of hydrogen-bond donors (Lipinski definition) is 1. The number of benzene rings is 1. The smallest absolute Gasteiger partial charge is 0.356 e. The third kappa shape index (κ3) is 4.33. The highest BCUT2D eigenvalue weighted by atomic mass is 16.6. The van der Waals surface area contributed by atoms with E-state index in [0.29, 0.717) is 38.3 Å². The van der Waals surface area contributed by atoms with Crippen molar-refractivity contribution in [1.82, 2.24) is 14.7 Å². The average molecular weight is 399 g/mol. The van der Waals surface area contributed by atoms with Crippen molar-refractivity contribution < 1.29 is 24.2 Å². The zero-order chi connectivity index (χ0) is 20.2. The zero-order valence-electron chi connectivity index (χ0n) is 16.2. The van der Waals surface area contributed by atoms with Crippen LogP contribution >= 0.6 is 0 Å². The molecule has 3 heterocycles. The third-order valence-corrected chi connectivity index (χ3v) is 5.42. The van der Waals surface area contributed by atoms with E-state index in [1.165, 1.54) is 5.56 Å². The Morgan fingerprint density at radius 2 is 2.03 bits per heavy atom. The van der Waals surface area contributed by atoms with Gasteiger partial charge < -0.3 is 19.5 Å². The molecule has 1 N–H and O–H groups in total. The number of carboxylic acid groups (broad SMARTS) is 1. The number of carboxylic acids is 1. The maximum atomic E-state index is 12.7. The number of hydrogen-bond acceptors (Lipinski definition) is 5. The lowest BCUT2D eigenvalue weighted by molar-refractivity contribution is -0.158. The number of rotatable bonds is 6. The molecule has 154 valence electrons. The fraction of sp³-hybridized carbons (Fsp3) is 0.476. The highest BCUT2D eigenvalue weighted by molar-refractivity contribution is 5.88. The average Bonchev–Trinajstić information content (AvgIpc) is 3.13. The van der Waals surface area contributed by atoms with Crippen LogP contribution in [0, 0.1) is 0 Å². The number of carbonyl (C=O) groups is 2. The van der Waals surface area contributed by atoms with Crippen LogP contribution in [0.2, 0.25) is 0 Å². The van der Waals surface area contributed by atoms with Gasteiger partial charge in [-0.2, -0.15) is 5.10 Å². The lowest BCUT2D eigenvalue weighted by Crippen LogP contribution is -2.47. The summed E-state index contributed by atoms with van der Waals surface area (Å²) in [6, 6.07) is 10.2. The molecule has 0 aliphatic carbocycles. The molecule has 29 heavy (non-hydrogen) atoms. The SMILES string of the molecule is O=C(O)c1nn(CCCc2ccccc2)c2c1CN(C(=O)[C@H]1COCCO1)CC2. The Balaban J connectivity index is 1.46. The molecule has 1 aromatic heterocycles. The summed E-state index contributed by atoms with van der Waals surface area (Å²) in [5.74, 6) is -1.21. The Labute approximate surface area is 169 Å². The van der Waals surface area contributed by atoms with Gasteiger partial charge in [0.2, 0.25) is 0 Å². The second kappa shape index (κ2) is 8.75. The van der Waals surface area contributed by atoms with Gasteiger partial charge in [-0.3, -0.25) is 9.48 Å². The summed E-state index contributed by atoms with van der Waals surface area (Å²) in [7, 11) is 0. The molecular formula is C21H25N3O5. The van der Waals surface area contributed by atoms with Crippen molar-refractivity contribution in [3.8, 4) is 0 Å². The molecule has 8 heteroatoms. The minimum atomic E-state index is -1.06. The number of carbonyl (C=O) groups excluding carboxylic acids is 1. The van der Waals surface area contributed by atoms with Crippen LogP contribution in [0.15, 0.2) is 30.3 Å². The number of amides is 1. The molecule has 0 saturated carbocycles. The molecule has 1 aromatic carbocycles. The molecule has 8 nitrogen and oxygen atoms in total. The van der Waals surface area contributed by atoms with Crippen molar-refractivity contribution in [2.75, 3.05) is 26.4 Å². The van der Waals surface area contributed by atoms with E-state index in [2.05, 4.69) is 17.2 Å². The largest absolute Gasteiger partial charge is 0.476 e. The molecule has 0 bridgehead atoms. The van der Waals surface area contributed by atoms with Crippen molar-refractivity contribution in [3.05, 3.63) is 52.8 Å². The molecule has 0 spiro atoms. The van der Waals surface area contributed by atoms with Crippen LogP contribution in [0.5, 0.6) is 0 Å². The molecule has 1 saturated heterocycles. The van der Waals surface area contributed by atoms with Gasteiger partial charge in [-0.25, -0.2) is 4.79 Å². The van der Waals surface area contributed by atoms with E-state index in [1.54, 1.807) is 4.90 Å². The predicted octanol–water partition coefficient (Wildman–Crippen LogP) is 1.51. The first kappa shape index (κ1) is 19.6. The third-order valence-electron chi connectivity index (χ3n) is 5.42.